The Morgan fingerprint density at radius 1 is 1.41 bits per heavy atom. The van der Waals surface area contributed by atoms with Crippen LogP contribution in [-0.4, -0.2) is 23.3 Å². The highest BCUT2D eigenvalue weighted by molar-refractivity contribution is 5.11. The Morgan fingerprint density at radius 3 is 2.82 bits per heavy atom. The summed E-state index contributed by atoms with van der Waals surface area (Å²) in [5, 5.41) is 11.4. The molecule has 17 heavy (non-hydrogen) atoms. The van der Waals surface area contributed by atoms with Crippen LogP contribution in [0, 0.1) is 0 Å². The molecular weight excluding hydrogens is 214 g/mol. The van der Waals surface area contributed by atoms with Crippen LogP contribution in [0.15, 0.2) is 24.3 Å². The van der Waals surface area contributed by atoms with E-state index in [2.05, 4.69) is 29.0 Å². The van der Waals surface area contributed by atoms with E-state index in [0.717, 1.165) is 37.2 Å². The van der Waals surface area contributed by atoms with Gasteiger partial charge in [0.1, 0.15) is 0 Å². The molecule has 1 aromatic heterocycles. The van der Waals surface area contributed by atoms with Crippen molar-refractivity contribution in [2.24, 2.45) is 0 Å². The van der Waals surface area contributed by atoms with Crippen LogP contribution < -0.4 is 10.1 Å². The molecule has 94 valence electrons. The topological polar surface area (TPSA) is 47.0 Å². The lowest BCUT2D eigenvalue weighted by Gasteiger charge is -2.05. The first-order valence-electron chi connectivity index (χ1n) is 6.03. The number of ether oxygens (including phenoxy) is 1. The molecule has 1 rings (SSSR count). The molecule has 0 saturated carbocycles. The molecule has 0 amide bonds. The first-order valence-corrected chi connectivity index (χ1v) is 6.03. The van der Waals surface area contributed by atoms with E-state index in [-0.39, 0.29) is 0 Å². The lowest BCUT2D eigenvalue weighted by atomic mass is 10.3. The number of rotatable bonds is 8. The standard InChI is InChI=1S/C13H21N3O/c1-4-8-14-10-12-5-6-13(16-15-12)17-9-7-11(2)3/h5-6,14H,2,4,7-10H2,1,3H3. The van der Waals surface area contributed by atoms with E-state index >= 15 is 0 Å². The summed E-state index contributed by atoms with van der Waals surface area (Å²) in [4.78, 5) is 0. The molecule has 0 saturated heterocycles. The van der Waals surface area contributed by atoms with Gasteiger partial charge < -0.3 is 10.1 Å². The summed E-state index contributed by atoms with van der Waals surface area (Å²) in [5.74, 6) is 0.575. The molecule has 0 aliphatic heterocycles. The zero-order valence-electron chi connectivity index (χ0n) is 10.7. The molecule has 0 unspecified atom stereocenters. The molecule has 1 aromatic rings. The first kappa shape index (κ1) is 13.6. The maximum absolute atomic E-state index is 5.44. The van der Waals surface area contributed by atoms with Crippen LogP contribution >= 0.6 is 0 Å². The number of hydrogen-bond acceptors (Lipinski definition) is 4. The minimum Gasteiger partial charge on any atom is -0.476 e. The van der Waals surface area contributed by atoms with Gasteiger partial charge in [0.15, 0.2) is 0 Å². The van der Waals surface area contributed by atoms with Crippen molar-refractivity contribution < 1.29 is 4.74 Å². The van der Waals surface area contributed by atoms with Crippen molar-refractivity contribution in [2.45, 2.75) is 33.2 Å². The molecule has 0 aliphatic carbocycles. The summed E-state index contributed by atoms with van der Waals surface area (Å²) in [7, 11) is 0. The van der Waals surface area contributed by atoms with Gasteiger partial charge in [0.05, 0.1) is 12.3 Å². The molecule has 0 fully saturated rings. The molecule has 1 heterocycles. The van der Waals surface area contributed by atoms with Gasteiger partial charge in [-0.3, -0.25) is 0 Å². The van der Waals surface area contributed by atoms with Gasteiger partial charge in [0, 0.05) is 19.0 Å². The Morgan fingerprint density at radius 2 is 2.24 bits per heavy atom. The molecule has 0 spiro atoms. The SMILES string of the molecule is C=C(C)CCOc1ccc(CNCCC)nn1. The third-order valence-corrected chi connectivity index (χ3v) is 2.21. The van der Waals surface area contributed by atoms with Gasteiger partial charge in [-0.25, -0.2) is 0 Å². The second-order valence-electron chi connectivity index (χ2n) is 4.10. The Labute approximate surface area is 103 Å². The zero-order chi connectivity index (χ0) is 12.5. The van der Waals surface area contributed by atoms with E-state index in [9.17, 15) is 0 Å². The molecule has 4 nitrogen and oxygen atoms in total. The van der Waals surface area contributed by atoms with E-state index in [1.807, 2.05) is 19.1 Å². The highest BCUT2D eigenvalue weighted by Gasteiger charge is 1.98. The van der Waals surface area contributed by atoms with Gasteiger partial charge in [0.25, 0.3) is 0 Å². The fraction of sp³-hybridized carbons (Fsp3) is 0.538. The number of nitrogens with one attached hydrogen (secondary N) is 1. The molecule has 0 atom stereocenters. The lowest BCUT2D eigenvalue weighted by Crippen LogP contribution is -2.15. The summed E-state index contributed by atoms with van der Waals surface area (Å²) in [6.07, 6.45) is 1.97. The second kappa shape index (κ2) is 7.79. The van der Waals surface area contributed by atoms with Crippen LogP contribution in [0.2, 0.25) is 0 Å². The van der Waals surface area contributed by atoms with E-state index in [0.29, 0.717) is 12.5 Å². The molecule has 0 radical (unpaired) electrons. The third kappa shape index (κ3) is 6.02. The van der Waals surface area contributed by atoms with Gasteiger partial charge in [-0.1, -0.05) is 12.5 Å². The third-order valence-electron chi connectivity index (χ3n) is 2.21. The zero-order valence-corrected chi connectivity index (χ0v) is 10.7. The summed E-state index contributed by atoms with van der Waals surface area (Å²) < 4.78 is 5.44. The van der Waals surface area contributed by atoms with Crippen LogP contribution in [0.25, 0.3) is 0 Å². The van der Waals surface area contributed by atoms with E-state index in [4.69, 9.17) is 4.74 Å². The predicted octanol–water partition coefficient (Wildman–Crippen LogP) is 2.32. The summed E-state index contributed by atoms with van der Waals surface area (Å²) in [5.41, 5.74) is 2.05. The minimum absolute atomic E-state index is 0.575. The van der Waals surface area contributed by atoms with E-state index in [1.54, 1.807) is 0 Å². The lowest BCUT2D eigenvalue weighted by molar-refractivity contribution is 0.305. The van der Waals surface area contributed by atoms with Gasteiger partial charge >= 0.3 is 0 Å². The van der Waals surface area contributed by atoms with Crippen LogP contribution in [0.5, 0.6) is 5.88 Å². The highest BCUT2D eigenvalue weighted by atomic mass is 16.5. The van der Waals surface area contributed by atoms with E-state index in [1.165, 1.54) is 0 Å². The van der Waals surface area contributed by atoms with Crippen molar-refractivity contribution in [1.82, 2.24) is 15.5 Å². The van der Waals surface area contributed by atoms with E-state index < -0.39 is 0 Å². The Hall–Kier alpha value is -1.42. The molecule has 4 heteroatoms. The predicted molar refractivity (Wildman–Crippen MR) is 69.0 cm³/mol. The first-order chi connectivity index (χ1) is 8.22. The van der Waals surface area contributed by atoms with Crippen molar-refractivity contribution in [3.05, 3.63) is 30.0 Å². The minimum atomic E-state index is 0.575. The van der Waals surface area contributed by atoms with Crippen LogP contribution in [0.4, 0.5) is 0 Å². The number of hydrogen-bond donors (Lipinski definition) is 1. The average Bonchev–Trinajstić information content (AvgIpc) is 2.31. The van der Waals surface area contributed by atoms with Crippen LogP contribution in [-0.2, 0) is 6.54 Å². The molecule has 1 N–H and O–H groups in total. The Kier molecular flexibility index (Phi) is 6.25. The smallest absolute Gasteiger partial charge is 0.233 e. The Bertz CT molecular complexity index is 335. The van der Waals surface area contributed by atoms with Crippen molar-refractivity contribution in [2.75, 3.05) is 13.2 Å². The largest absolute Gasteiger partial charge is 0.476 e. The van der Waals surface area contributed by atoms with Gasteiger partial charge in [0.2, 0.25) is 5.88 Å². The molecular formula is C13H21N3O. The highest BCUT2D eigenvalue weighted by Crippen LogP contribution is 2.06. The van der Waals surface area contributed by atoms with Gasteiger partial charge in [-0.05, 0) is 26.0 Å². The maximum atomic E-state index is 5.44. The second-order valence-corrected chi connectivity index (χ2v) is 4.10. The maximum Gasteiger partial charge on any atom is 0.233 e. The van der Waals surface area contributed by atoms with Gasteiger partial charge in [-0.2, -0.15) is 5.10 Å². The number of aromatic nitrogens is 2. The fourth-order valence-corrected chi connectivity index (χ4v) is 1.24. The average molecular weight is 235 g/mol. The fourth-order valence-electron chi connectivity index (χ4n) is 1.24. The molecule has 0 bridgehead atoms. The molecule has 0 aromatic carbocycles. The van der Waals surface area contributed by atoms with Crippen molar-refractivity contribution in [3.8, 4) is 5.88 Å². The van der Waals surface area contributed by atoms with Gasteiger partial charge in [-0.15, -0.1) is 11.7 Å². The van der Waals surface area contributed by atoms with Crippen molar-refractivity contribution in [1.29, 1.82) is 0 Å². The Balaban J connectivity index is 2.31. The summed E-state index contributed by atoms with van der Waals surface area (Å²) in [6, 6.07) is 3.79. The normalized spacial score (nSPS) is 10.2. The molecule has 0 aliphatic rings. The monoisotopic (exact) mass is 235 g/mol. The quantitative estimate of drug-likeness (QED) is 0.555. The summed E-state index contributed by atoms with van der Waals surface area (Å²) in [6.45, 7) is 10.3. The summed E-state index contributed by atoms with van der Waals surface area (Å²) >= 11 is 0. The number of nitrogens with zero attached hydrogens (tertiary/aromatic N) is 2. The van der Waals surface area contributed by atoms with Crippen LogP contribution in [0.1, 0.15) is 32.4 Å². The van der Waals surface area contributed by atoms with Crippen LogP contribution in [0.3, 0.4) is 0 Å². The van der Waals surface area contributed by atoms with Crippen molar-refractivity contribution >= 4 is 0 Å². The van der Waals surface area contributed by atoms with Crippen molar-refractivity contribution in [3.63, 3.8) is 0 Å².